The molecule has 7 nitrogen and oxygen atoms in total. The summed E-state index contributed by atoms with van der Waals surface area (Å²) in [6.07, 6.45) is 6.57. The average molecular weight is 411 g/mol. The van der Waals surface area contributed by atoms with Gasteiger partial charge in [-0.05, 0) is 44.4 Å². The number of nitrogens with zero attached hydrogens (tertiary/aromatic N) is 4. The Morgan fingerprint density at radius 2 is 1.83 bits per heavy atom. The molecular weight excluding hydrogens is 380 g/mol. The fraction of sp³-hybridized carbons (Fsp3) is 0.609. The molecule has 30 heavy (non-hydrogen) atoms. The molecule has 3 aliphatic rings. The number of hydrogen-bond acceptors (Lipinski definition) is 5. The maximum absolute atomic E-state index is 13.5. The maximum Gasteiger partial charge on any atom is 0.261 e. The van der Waals surface area contributed by atoms with E-state index in [4.69, 9.17) is 9.72 Å². The maximum atomic E-state index is 13.5. The van der Waals surface area contributed by atoms with Crippen molar-refractivity contribution in [2.75, 3.05) is 39.4 Å². The number of para-hydroxylation sites is 1. The molecule has 0 N–H and O–H groups in total. The molecule has 160 valence electrons. The van der Waals surface area contributed by atoms with E-state index < -0.39 is 0 Å². The van der Waals surface area contributed by atoms with E-state index in [1.54, 1.807) is 0 Å². The molecular formula is C23H30N4O3. The molecule has 1 amide bonds. The molecule has 0 radical (unpaired) electrons. The van der Waals surface area contributed by atoms with Crippen molar-refractivity contribution in [2.24, 2.45) is 0 Å². The number of amides is 1. The van der Waals surface area contributed by atoms with Crippen molar-refractivity contribution < 1.29 is 9.53 Å². The van der Waals surface area contributed by atoms with Crippen LogP contribution in [0.4, 0.5) is 0 Å². The topological polar surface area (TPSA) is 67.7 Å². The zero-order valence-electron chi connectivity index (χ0n) is 17.5. The molecule has 1 unspecified atom stereocenters. The molecule has 1 atom stereocenters. The summed E-state index contributed by atoms with van der Waals surface area (Å²) >= 11 is 0. The Morgan fingerprint density at radius 1 is 1.00 bits per heavy atom. The fourth-order valence-corrected chi connectivity index (χ4v) is 5.34. The minimum atomic E-state index is 0.0729. The Bertz CT molecular complexity index is 982. The summed E-state index contributed by atoms with van der Waals surface area (Å²) in [6, 6.07) is 8.12. The average Bonchev–Trinajstić information content (AvgIpc) is 3.45. The first kappa shape index (κ1) is 19.7. The highest BCUT2D eigenvalue weighted by Gasteiger charge is 2.33. The third kappa shape index (κ3) is 3.65. The van der Waals surface area contributed by atoms with Crippen molar-refractivity contribution in [1.82, 2.24) is 19.4 Å². The smallest absolute Gasteiger partial charge is 0.261 e. The van der Waals surface area contributed by atoms with Crippen molar-refractivity contribution in [2.45, 2.75) is 50.6 Å². The molecule has 1 saturated carbocycles. The minimum Gasteiger partial charge on any atom is -0.370 e. The van der Waals surface area contributed by atoms with Gasteiger partial charge in [0.25, 0.3) is 5.56 Å². The highest BCUT2D eigenvalue weighted by molar-refractivity contribution is 5.78. The lowest BCUT2D eigenvalue weighted by atomic mass is 10.1. The van der Waals surface area contributed by atoms with E-state index in [2.05, 4.69) is 4.90 Å². The second-order valence-corrected chi connectivity index (χ2v) is 8.73. The summed E-state index contributed by atoms with van der Waals surface area (Å²) in [5.74, 6) is 1.00. The highest BCUT2D eigenvalue weighted by Crippen LogP contribution is 2.36. The Labute approximate surface area is 176 Å². The van der Waals surface area contributed by atoms with Crippen LogP contribution in [0.5, 0.6) is 0 Å². The summed E-state index contributed by atoms with van der Waals surface area (Å²) in [5, 5.41) is 0.719. The number of likely N-dealkylation sites (tertiary alicyclic amines) is 1. The lowest BCUT2D eigenvalue weighted by Gasteiger charge is -2.32. The number of carbonyl (C=O) groups excluding carboxylic acids is 1. The van der Waals surface area contributed by atoms with Crippen LogP contribution in [0.15, 0.2) is 29.1 Å². The molecule has 7 heteroatoms. The summed E-state index contributed by atoms with van der Waals surface area (Å²) in [7, 11) is 0. The molecule has 2 aliphatic heterocycles. The molecule has 2 saturated heterocycles. The van der Waals surface area contributed by atoms with Gasteiger partial charge in [0.15, 0.2) is 0 Å². The Morgan fingerprint density at radius 3 is 2.67 bits per heavy atom. The predicted molar refractivity (Wildman–Crippen MR) is 114 cm³/mol. The van der Waals surface area contributed by atoms with Crippen molar-refractivity contribution >= 4 is 16.8 Å². The van der Waals surface area contributed by atoms with Gasteiger partial charge in [-0.3, -0.25) is 19.1 Å². The summed E-state index contributed by atoms with van der Waals surface area (Å²) in [4.78, 5) is 34.9. The van der Waals surface area contributed by atoms with Crippen LogP contribution in [0.2, 0.25) is 0 Å². The second-order valence-electron chi connectivity index (χ2n) is 8.73. The summed E-state index contributed by atoms with van der Waals surface area (Å²) in [5.41, 5.74) is 0.902. The molecule has 1 aromatic heterocycles. The fourth-order valence-electron chi connectivity index (χ4n) is 5.34. The van der Waals surface area contributed by atoms with E-state index >= 15 is 0 Å². The summed E-state index contributed by atoms with van der Waals surface area (Å²) < 4.78 is 7.27. The number of ether oxygens (including phenoxy) is 1. The first-order valence-electron chi connectivity index (χ1n) is 11.3. The molecule has 1 aliphatic carbocycles. The molecule has 0 bridgehead atoms. The van der Waals surface area contributed by atoms with E-state index in [-0.39, 0.29) is 30.2 Å². The summed E-state index contributed by atoms with van der Waals surface area (Å²) in [6.45, 7) is 3.97. The number of benzene rings is 1. The first-order valence-corrected chi connectivity index (χ1v) is 11.3. The number of rotatable bonds is 5. The van der Waals surface area contributed by atoms with Crippen LogP contribution in [0.25, 0.3) is 10.9 Å². The Hall–Kier alpha value is -2.25. The van der Waals surface area contributed by atoms with Crippen LogP contribution >= 0.6 is 0 Å². The monoisotopic (exact) mass is 410 g/mol. The van der Waals surface area contributed by atoms with Gasteiger partial charge in [-0.1, -0.05) is 25.0 Å². The zero-order chi connectivity index (χ0) is 20.5. The molecule has 3 heterocycles. The van der Waals surface area contributed by atoms with Gasteiger partial charge in [0.2, 0.25) is 5.91 Å². The molecule has 3 fully saturated rings. The number of carbonyl (C=O) groups is 1. The third-order valence-corrected chi connectivity index (χ3v) is 6.93. The molecule has 2 aromatic rings. The lowest BCUT2D eigenvalue weighted by molar-refractivity contribution is -0.142. The van der Waals surface area contributed by atoms with Gasteiger partial charge < -0.3 is 9.64 Å². The van der Waals surface area contributed by atoms with Crippen LogP contribution in [-0.2, 0) is 9.53 Å². The zero-order valence-corrected chi connectivity index (χ0v) is 17.5. The van der Waals surface area contributed by atoms with Crippen molar-refractivity contribution in [3.05, 3.63) is 40.4 Å². The number of morpholine rings is 1. The number of hydrogen-bond donors (Lipinski definition) is 0. The predicted octanol–water partition coefficient (Wildman–Crippen LogP) is 2.51. The van der Waals surface area contributed by atoms with Crippen molar-refractivity contribution in [3.8, 4) is 0 Å². The van der Waals surface area contributed by atoms with Gasteiger partial charge >= 0.3 is 0 Å². The molecule has 0 spiro atoms. The van der Waals surface area contributed by atoms with Crippen LogP contribution in [0.1, 0.15) is 56.4 Å². The third-order valence-electron chi connectivity index (χ3n) is 6.93. The van der Waals surface area contributed by atoms with Crippen LogP contribution in [0, 0.1) is 0 Å². The van der Waals surface area contributed by atoms with E-state index in [0.29, 0.717) is 19.7 Å². The van der Waals surface area contributed by atoms with Crippen molar-refractivity contribution in [1.29, 1.82) is 0 Å². The normalized spacial score (nSPS) is 23.7. The van der Waals surface area contributed by atoms with E-state index in [9.17, 15) is 9.59 Å². The minimum absolute atomic E-state index is 0.0729. The van der Waals surface area contributed by atoms with Crippen molar-refractivity contribution in [3.63, 3.8) is 0 Å². The Balaban J connectivity index is 1.47. The largest absolute Gasteiger partial charge is 0.370 e. The second kappa shape index (κ2) is 8.47. The van der Waals surface area contributed by atoms with E-state index in [1.807, 2.05) is 33.7 Å². The SMILES string of the molecule is O=C1COCCN1CCN1CCCC1c1nc2ccccc2c(=O)n1C1CCCC1. The molecule has 5 rings (SSSR count). The van der Waals surface area contributed by atoms with Gasteiger partial charge in [-0.25, -0.2) is 4.98 Å². The molecule has 1 aromatic carbocycles. The number of aromatic nitrogens is 2. The quantitative estimate of drug-likeness (QED) is 0.758. The van der Waals surface area contributed by atoms with Gasteiger partial charge in [0, 0.05) is 25.7 Å². The van der Waals surface area contributed by atoms with Gasteiger partial charge in [-0.15, -0.1) is 0 Å². The Kier molecular flexibility index (Phi) is 5.56. The van der Waals surface area contributed by atoms with Gasteiger partial charge in [-0.2, -0.15) is 0 Å². The highest BCUT2D eigenvalue weighted by atomic mass is 16.5. The lowest BCUT2D eigenvalue weighted by Crippen LogP contribution is -2.45. The number of fused-ring (bicyclic) bond motifs is 1. The standard InChI is InChI=1S/C23H30N4O3/c28-21-16-30-15-14-26(21)13-12-25-11-5-10-20(25)22-24-19-9-4-3-8-18(19)23(29)27(22)17-6-1-2-7-17/h3-4,8-9,17,20H,1-2,5-7,10-16H2. The van der Waals surface area contributed by atoms with Gasteiger partial charge in [0.05, 0.1) is 23.6 Å². The first-order chi connectivity index (χ1) is 14.7. The van der Waals surface area contributed by atoms with Gasteiger partial charge in [0.1, 0.15) is 12.4 Å². The van der Waals surface area contributed by atoms with E-state index in [0.717, 1.165) is 55.5 Å². The van der Waals surface area contributed by atoms with Crippen LogP contribution in [0.3, 0.4) is 0 Å². The van der Waals surface area contributed by atoms with E-state index in [1.165, 1.54) is 12.8 Å². The van der Waals surface area contributed by atoms with Crippen LogP contribution in [-0.4, -0.2) is 64.7 Å². The van der Waals surface area contributed by atoms with Crippen LogP contribution < -0.4 is 5.56 Å².